The number of hydrogen-bond donors (Lipinski definition) is 0. The van der Waals surface area contributed by atoms with Crippen LogP contribution in [0.15, 0.2) is 77.0 Å². The van der Waals surface area contributed by atoms with Gasteiger partial charge in [0.15, 0.2) is 5.65 Å². The van der Waals surface area contributed by atoms with Crippen molar-refractivity contribution in [2.24, 2.45) is 5.41 Å². The molecule has 1 fully saturated rings. The zero-order chi connectivity index (χ0) is 21.8. The molecule has 0 atom stereocenters. The minimum Gasteiger partial charge on any atom is -0.342 e. The van der Waals surface area contributed by atoms with Gasteiger partial charge in [0.25, 0.3) is 0 Å². The standard InChI is InChI=1S/C26H23N5S2/c1-2-5-19-15-26(14-18(19)4-1)8-11-30(12-9-26)25-28-17-22(24-27-10-13-31(24)25)32-21-7-3-6-20-16-29-33-23(20)21/h1-7,10,13,16-17H,8-9,11-12,14-15H2. The number of nitrogens with zero attached hydrogens (tertiary/aromatic N) is 5. The van der Waals surface area contributed by atoms with Gasteiger partial charge in [0, 0.05) is 48.2 Å². The van der Waals surface area contributed by atoms with E-state index in [0.717, 1.165) is 29.6 Å². The van der Waals surface area contributed by atoms with Crippen LogP contribution in [0.1, 0.15) is 24.0 Å². The first-order valence-electron chi connectivity index (χ1n) is 11.4. The van der Waals surface area contributed by atoms with E-state index in [1.807, 2.05) is 24.8 Å². The molecule has 33 heavy (non-hydrogen) atoms. The molecular formula is C26H23N5S2. The van der Waals surface area contributed by atoms with Crippen molar-refractivity contribution in [1.82, 2.24) is 18.7 Å². The fourth-order valence-corrected chi connectivity index (χ4v) is 7.40. The Bertz CT molecular complexity index is 1450. The van der Waals surface area contributed by atoms with E-state index >= 15 is 0 Å². The Morgan fingerprint density at radius 3 is 2.52 bits per heavy atom. The molecule has 0 radical (unpaired) electrons. The van der Waals surface area contributed by atoms with Crippen molar-refractivity contribution in [3.63, 3.8) is 0 Å². The lowest BCUT2D eigenvalue weighted by Gasteiger charge is -2.40. The van der Waals surface area contributed by atoms with E-state index in [0.29, 0.717) is 5.41 Å². The van der Waals surface area contributed by atoms with Crippen LogP contribution in [0.5, 0.6) is 0 Å². The fraction of sp³-hybridized carbons (Fsp3) is 0.269. The number of fused-ring (bicyclic) bond motifs is 3. The third-order valence-corrected chi connectivity index (χ3v) is 9.34. The molecule has 4 heterocycles. The SMILES string of the molecule is c1ccc2c(c1)CC1(CCN(c3ncc(Sc4cccc5cnsc45)c4nccn34)CC1)C2. The molecule has 7 heteroatoms. The number of anilines is 1. The third kappa shape index (κ3) is 3.25. The van der Waals surface area contributed by atoms with Gasteiger partial charge in [-0.15, -0.1) is 0 Å². The third-order valence-electron chi connectivity index (χ3n) is 7.30. The molecule has 2 aliphatic rings. The van der Waals surface area contributed by atoms with Crippen molar-refractivity contribution < 1.29 is 0 Å². The quantitative estimate of drug-likeness (QED) is 0.330. The van der Waals surface area contributed by atoms with E-state index in [2.05, 4.69) is 56.1 Å². The summed E-state index contributed by atoms with van der Waals surface area (Å²) in [5, 5.41) is 1.19. The van der Waals surface area contributed by atoms with Gasteiger partial charge < -0.3 is 4.90 Å². The van der Waals surface area contributed by atoms with Crippen LogP contribution in [0.2, 0.25) is 0 Å². The summed E-state index contributed by atoms with van der Waals surface area (Å²) in [5.74, 6) is 1.01. The van der Waals surface area contributed by atoms with Crippen molar-refractivity contribution in [2.75, 3.05) is 18.0 Å². The van der Waals surface area contributed by atoms with Crippen LogP contribution in [0.4, 0.5) is 5.95 Å². The molecule has 0 amide bonds. The molecule has 1 saturated heterocycles. The molecule has 0 unspecified atom stereocenters. The Hall–Kier alpha value is -2.90. The summed E-state index contributed by atoms with van der Waals surface area (Å²) < 4.78 is 7.74. The van der Waals surface area contributed by atoms with Crippen molar-refractivity contribution >= 4 is 45.0 Å². The van der Waals surface area contributed by atoms with Crippen LogP contribution in [0.3, 0.4) is 0 Å². The second kappa shape index (κ2) is 7.57. The Morgan fingerprint density at radius 1 is 0.879 bits per heavy atom. The minimum atomic E-state index is 0.428. The van der Waals surface area contributed by atoms with Crippen LogP contribution >= 0.6 is 23.3 Å². The Kier molecular flexibility index (Phi) is 4.49. The monoisotopic (exact) mass is 469 g/mol. The first kappa shape index (κ1) is 19.6. The Morgan fingerprint density at radius 2 is 1.70 bits per heavy atom. The van der Waals surface area contributed by atoms with Crippen molar-refractivity contribution in [2.45, 2.75) is 35.5 Å². The fourth-order valence-electron chi connectivity index (χ4n) is 5.56. The van der Waals surface area contributed by atoms with Crippen molar-refractivity contribution in [3.8, 4) is 0 Å². The van der Waals surface area contributed by atoms with Gasteiger partial charge in [-0.3, -0.25) is 4.40 Å². The maximum absolute atomic E-state index is 4.94. The molecule has 0 saturated carbocycles. The lowest BCUT2D eigenvalue weighted by molar-refractivity contribution is 0.231. The zero-order valence-electron chi connectivity index (χ0n) is 18.1. The smallest absolute Gasteiger partial charge is 0.211 e. The largest absolute Gasteiger partial charge is 0.342 e. The first-order chi connectivity index (χ1) is 16.3. The summed E-state index contributed by atoms with van der Waals surface area (Å²) >= 11 is 3.27. The molecule has 1 aliphatic heterocycles. The molecule has 5 nitrogen and oxygen atoms in total. The van der Waals surface area contributed by atoms with Gasteiger partial charge in [-0.2, -0.15) is 4.37 Å². The highest BCUT2D eigenvalue weighted by atomic mass is 32.2. The van der Waals surface area contributed by atoms with Gasteiger partial charge in [0.2, 0.25) is 5.95 Å². The van der Waals surface area contributed by atoms with Crippen molar-refractivity contribution in [1.29, 1.82) is 0 Å². The van der Waals surface area contributed by atoms with Crippen molar-refractivity contribution in [3.05, 3.63) is 78.4 Å². The first-order valence-corrected chi connectivity index (χ1v) is 13.0. The van der Waals surface area contributed by atoms with Gasteiger partial charge in [0.1, 0.15) is 0 Å². The van der Waals surface area contributed by atoms with E-state index in [1.165, 1.54) is 40.7 Å². The molecule has 0 bridgehead atoms. The molecular weight excluding hydrogens is 446 g/mol. The highest BCUT2D eigenvalue weighted by Crippen LogP contribution is 2.45. The molecule has 5 aromatic rings. The van der Waals surface area contributed by atoms with Crippen LogP contribution in [-0.2, 0) is 12.8 Å². The second-order valence-corrected chi connectivity index (χ2v) is 11.1. The highest BCUT2D eigenvalue weighted by molar-refractivity contribution is 8.00. The number of aromatic nitrogens is 4. The average Bonchev–Trinajstić information content (AvgIpc) is 3.58. The topological polar surface area (TPSA) is 46.3 Å². The molecule has 1 spiro atoms. The van der Waals surface area contributed by atoms with Crippen LogP contribution < -0.4 is 4.90 Å². The summed E-state index contributed by atoms with van der Waals surface area (Å²) in [5.41, 5.74) is 4.51. The maximum atomic E-state index is 4.94. The summed E-state index contributed by atoms with van der Waals surface area (Å²) in [6.07, 6.45) is 12.7. The van der Waals surface area contributed by atoms with Crippen LogP contribution in [0.25, 0.3) is 15.7 Å². The van der Waals surface area contributed by atoms with E-state index < -0.39 is 0 Å². The average molecular weight is 470 g/mol. The van der Waals surface area contributed by atoms with E-state index in [-0.39, 0.29) is 0 Å². The summed E-state index contributed by atoms with van der Waals surface area (Å²) in [4.78, 5) is 14.4. The summed E-state index contributed by atoms with van der Waals surface area (Å²) in [6, 6.07) is 15.4. The molecule has 2 aromatic carbocycles. The predicted molar refractivity (Wildman–Crippen MR) is 134 cm³/mol. The van der Waals surface area contributed by atoms with Crippen LogP contribution in [0, 0.1) is 5.41 Å². The number of rotatable bonds is 3. The van der Waals surface area contributed by atoms with Gasteiger partial charge in [-0.25, -0.2) is 9.97 Å². The molecule has 0 N–H and O–H groups in total. The summed E-state index contributed by atoms with van der Waals surface area (Å²) in [7, 11) is 0. The lowest BCUT2D eigenvalue weighted by Crippen LogP contribution is -2.41. The molecule has 164 valence electrons. The van der Waals surface area contributed by atoms with Gasteiger partial charge >= 0.3 is 0 Å². The predicted octanol–water partition coefficient (Wildman–Crippen LogP) is 5.88. The maximum Gasteiger partial charge on any atom is 0.211 e. The Labute approximate surface area is 200 Å². The van der Waals surface area contributed by atoms with Gasteiger partial charge in [-0.1, -0.05) is 48.2 Å². The lowest BCUT2D eigenvalue weighted by atomic mass is 9.76. The number of imidazole rings is 1. The van der Waals surface area contributed by atoms with E-state index in [4.69, 9.17) is 9.97 Å². The number of hydrogen-bond acceptors (Lipinski definition) is 6. The van der Waals surface area contributed by atoms with Gasteiger partial charge in [0.05, 0.1) is 9.60 Å². The molecule has 3 aromatic heterocycles. The van der Waals surface area contributed by atoms with E-state index in [1.54, 1.807) is 34.4 Å². The normalized spacial score (nSPS) is 17.3. The molecule has 1 aliphatic carbocycles. The zero-order valence-corrected chi connectivity index (χ0v) is 19.8. The summed E-state index contributed by atoms with van der Waals surface area (Å²) in [6.45, 7) is 2.09. The second-order valence-electron chi connectivity index (χ2n) is 9.25. The number of piperidine rings is 1. The highest BCUT2D eigenvalue weighted by Gasteiger charge is 2.40. The molecule has 7 rings (SSSR count). The van der Waals surface area contributed by atoms with Gasteiger partial charge in [-0.05, 0) is 59.8 Å². The Balaban J connectivity index is 1.15. The van der Waals surface area contributed by atoms with Crippen LogP contribution in [-0.4, -0.2) is 31.8 Å². The number of benzene rings is 2. The minimum absolute atomic E-state index is 0.428. The van der Waals surface area contributed by atoms with E-state index in [9.17, 15) is 0 Å².